The second kappa shape index (κ2) is 5.50. The molecule has 90 valence electrons. The summed E-state index contributed by atoms with van der Waals surface area (Å²) in [5.41, 5.74) is 0.966. The van der Waals surface area contributed by atoms with Gasteiger partial charge in [0.05, 0.1) is 13.3 Å². The SMILES string of the molecule is COc1ccc(-c2cnc(CCCO)o2)cc1. The van der Waals surface area contributed by atoms with Crippen molar-refractivity contribution in [2.75, 3.05) is 13.7 Å². The van der Waals surface area contributed by atoms with E-state index in [1.807, 2.05) is 24.3 Å². The molecule has 0 aliphatic heterocycles. The van der Waals surface area contributed by atoms with Crippen molar-refractivity contribution < 1.29 is 14.3 Å². The molecular formula is C13H15NO3. The van der Waals surface area contributed by atoms with E-state index in [9.17, 15) is 0 Å². The van der Waals surface area contributed by atoms with Crippen LogP contribution in [0.1, 0.15) is 12.3 Å². The van der Waals surface area contributed by atoms with Crippen molar-refractivity contribution in [1.82, 2.24) is 4.98 Å². The summed E-state index contributed by atoms with van der Waals surface area (Å²) in [5.74, 6) is 2.21. The average Bonchev–Trinajstić information content (AvgIpc) is 2.85. The van der Waals surface area contributed by atoms with E-state index in [0.29, 0.717) is 18.7 Å². The van der Waals surface area contributed by atoms with E-state index >= 15 is 0 Å². The van der Waals surface area contributed by atoms with Crippen molar-refractivity contribution in [3.8, 4) is 17.1 Å². The summed E-state index contributed by atoms with van der Waals surface area (Å²) in [6, 6.07) is 7.61. The van der Waals surface area contributed by atoms with E-state index < -0.39 is 0 Å². The molecule has 1 N–H and O–H groups in total. The second-order valence-corrected chi connectivity index (χ2v) is 3.67. The number of hydrogen-bond donors (Lipinski definition) is 1. The Balaban J connectivity index is 2.12. The minimum Gasteiger partial charge on any atom is -0.497 e. The van der Waals surface area contributed by atoms with Gasteiger partial charge in [0.15, 0.2) is 11.7 Å². The first kappa shape index (κ1) is 11.7. The summed E-state index contributed by atoms with van der Waals surface area (Å²) in [6.07, 6.45) is 3.03. The van der Waals surface area contributed by atoms with Gasteiger partial charge in [0.25, 0.3) is 0 Å². The molecule has 0 radical (unpaired) electrons. The Morgan fingerprint density at radius 1 is 1.29 bits per heavy atom. The van der Waals surface area contributed by atoms with E-state index in [1.165, 1.54) is 0 Å². The molecule has 1 aromatic carbocycles. The number of aliphatic hydroxyl groups excluding tert-OH is 1. The predicted octanol–water partition coefficient (Wildman–Crippen LogP) is 2.28. The lowest BCUT2D eigenvalue weighted by Crippen LogP contribution is -1.88. The number of aromatic nitrogens is 1. The molecule has 0 aliphatic carbocycles. The third kappa shape index (κ3) is 2.85. The van der Waals surface area contributed by atoms with Gasteiger partial charge in [-0.3, -0.25) is 0 Å². The lowest BCUT2D eigenvalue weighted by Gasteiger charge is -2.00. The maximum atomic E-state index is 8.73. The lowest BCUT2D eigenvalue weighted by atomic mass is 10.2. The molecule has 0 saturated carbocycles. The molecule has 0 fully saturated rings. The number of ether oxygens (including phenoxy) is 1. The Morgan fingerprint density at radius 2 is 2.06 bits per heavy atom. The zero-order chi connectivity index (χ0) is 12.1. The minimum atomic E-state index is 0.153. The predicted molar refractivity (Wildman–Crippen MR) is 63.9 cm³/mol. The molecule has 0 aliphatic rings. The first-order valence-electron chi connectivity index (χ1n) is 5.53. The van der Waals surface area contributed by atoms with Gasteiger partial charge in [-0.15, -0.1) is 0 Å². The normalized spacial score (nSPS) is 10.5. The number of aliphatic hydroxyl groups is 1. The molecule has 17 heavy (non-hydrogen) atoms. The largest absolute Gasteiger partial charge is 0.497 e. The van der Waals surface area contributed by atoms with Gasteiger partial charge in [-0.2, -0.15) is 0 Å². The fourth-order valence-corrected chi connectivity index (χ4v) is 1.54. The Hall–Kier alpha value is -1.81. The topological polar surface area (TPSA) is 55.5 Å². The zero-order valence-electron chi connectivity index (χ0n) is 9.72. The van der Waals surface area contributed by atoms with Crippen molar-refractivity contribution >= 4 is 0 Å². The van der Waals surface area contributed by atoms with Crippen LogP contribution in [0.5, 0.6) is 5.75 Å². The Bertz CT molecular complexity index is 462. The van der Waals surface area contributed by atoms with E-state index in [1.54, 1.807) is 13.3 Å². The summed E-state index contributed by atoms with van der Waals surface area (Å²) < 4.78 is 10.7. The highest BCUT2D eigenvalue weighted by molar-refractivity contribution is 5.57. The van der Waals surface area contributed by atoms with Crippen molar-refractivity contribution in [3.05, 3.63) is 36.4 Å². The number of methoxy groups -OCH3 is 1. The highest BCUT2D eigenvalue weighted by Gasteiger charge is 2.06. The van der Waals surface area contributed by atoms with Gasteiger partial charge >= 0.3 is 0 Å². The maximum absolute atomic E-state index is 8.73. The fraction of sp³-hybridized carbons (Fsp3) is 0.308. The van der Waals surface area contributed by atoms with Gasteiger partial charge in [-0.1, -0.05) is 0 Å². The number of hydrogen-bond acceptors (Lipinski definition) is 4. The van der Waals surface area contributed by atoms with Crippen LogP contribution in [0.2, 0.25) is 0 Å². The fourth-order valence-electron chi connectivity index (χ4n) is 1.54. The molecule has 1 heterocycles. The van der Waals surface area contributed by atoms with Gasteiger partial charge in [0.1, 0.15) is 5.75 Å². The standard InChI is InChI=1S/C13H15NO3/c1-16-11-6-4-10(5-7-11)12-9-14-13(17-12)3-2-8-15/h4-7,9,15H,2-3,8H2,1H3. The quantitative estimate of drug-likeness (QED) is 0.860. The number of oxazole rings is 1. The van der Waals surface area contributed by atoms with Crippen LogP contribution in [0.15, 0.2) is 34.9 Å². The molecule has 0 amide bonds. The van der Waals surface area contributed by atoms with Crippen molar-refractivity contribution in [1.29, 1.82) is 0 Å². The van der Waals surface area contributed by atoms with Gasteiger partial charge < -0.3 is 14.3 Å². The number of nitrogens with zero attached hydrogens (tertiary/aromatic N) is 1. The van der Waals surface area contributed by atoms with Crippen LogP contribution in [-0.4, -0.2) is 23.8 Å². The van der Waals surface area contributed by atoms with Gasteiger partial charge in [0, 0.05) is 18.6 Å². The average molecular weight is 233 g/mol. The van der Waals surface area contributed by atoms with Crippen LogP contribution in [0.3, 0.4) is 0 Å². The molecule has 0 unspecified atom stereocenters. The van der Waals surface area contributed by atoms with Crippen molar-refractivity contribution in [2.24, 2.45) is 0 Å². The van der Waals surface area contributed by atoms with Crippen molar-refractivity contribution in [2.45, 2.75) is 12.8 Å². The molecule has 0 atom stereocenters. The Labute approximate surface area is 99.9 Å². The van der Waals surface area contributed by atoms with Crippen LogP contribution in [0.4, 0.5) is 0 Å². The molecular weight excluding hydrogens is 218 g/mol. The first-order chi connectivity index (χ1) is 8.33. The molecule has 2 aromatic rings. The third-order valence-corrected chi connectivity index (χ3v) is 2.48. The van der Waals surface area contributed by atoms with Crippen LogP contribution in [0, 0.1) is 0 Å². The van der Waals surface area contributed by atoms with E-state index in [4.69, 9.17) is 14.3 Å². The first-order valence-corrected chi connectivity index (χ1v) is 5.53. The maximum Gasteiger partial charge on any atom is 0.194 e. The van der Waals surface area contributed by atoms with Gasteiger partial charge in [-0.25, -0.2) is 4.98 Å². The van der Waals surface area contributed by atoms with Crippen molar-refractivity contribution in [3.63, 3.8) is 0 Å². The summed E-state index contributed by atoms with van der Waals surface area (Å²) in [4.78, 5) is 4.16. The van der Waals surface area contributed by atoms with Gasteiger partial charge in [0.2, 0.25) is 0 Å². The Kier molecular flexibility index (Phi) is 3.77. The summed E-state index contributed by atoms with van der Waals surface area (Å²) >= 11 is 0. The second-order valence-electron chi connectivity index (χ2n) is 3.67. The monoisotopic (exact) mass is 233 g/mol. The molecule has 0 bridgehead atoms. The van der Waals surface area contributed by atoms with E-state index in [2.05, 4.69) is 4.98 Å². The van der Waals surface area contributed by atoms with Crippen LogP contribution in [-0.2, 0) is 6.42 Å². The third-order valence-electron chi connectivity index (χ3n) is 2.48. The number of benzene rings is 1. The lowest BCUT2D eigenvalue weighted by molar-refractivity contribution is 0.283. The van der Waals surface area contributed by atoms with Gasteiger partial charge in [-0.05, 0) is 30.7 Å². The van der Waals surface area contributed by atoms with E-state index in [0.717, 1.165) is 17.1 Å². The number of aryl methyl sites for hydroxylation is 1. The number of rotatable bonds is 5. The molecule has 0 saturated heterocycles. The minimum absolute atomic E-state index is 0.153. The van der Waals surface area contributed by atoms with Crippen LogP contribution < -0.4 is 4.74 Å². The zero-order valence-corrected chi connectivity index (χ0v) is 9.72. The summed E-state index contributed by atoms with van der Waals surface area (Å²) in [7, 11) is 1.64. The molecule has 2 rings (SSSR count). The summed E-state index contributed by atoms with van der Waals surface area (Å²) in [6.45, 7) is 0.153. The van der Waals surface area contributed by atoms with Crippen LogP contribution >= 0.6 is 0 Å². The highest BCUT2D eigenvalue weighted by atomic mass is 16.5. The molecule has 4 nitrogen and oxygen atoms in total. The summed E-state index contributed by atoms with van der Waals surface area (Å²) in [5, 5.41) is 8.73. The van der Waals surface area contributed by atoms with Crippen LogP contribution in [0.25, 0.3) is 11.3 Å². The van der Waals surface area contributed by atoms with E-state index in [-0.39, 0.29) is 6.61 Å². The smallest absolute Gasteiger partial charge is 0.194 e. The molecule has 1 aromatic heterocycles. The Morgan fingerprint density at radius 3 is 2.71 bits per heavy atom. The highest BCUT2D eigenvalue weighted by Crippen LogP contribution is 2.23. The molecule has 4 heteroatoms. The molecule has 0 spiro atoms.